The molecule has 8 nitrogen and oxygen atoms in total. The Kier molecular flexibility index (Phi) is 5.55. The second kappa shape index (κ2) is 8.22. The van der Waals surface area contributed by atoms with Gasteiger partial charge in [0.2, 0.25) is 5.91 Å². The van der Waals surface area contributed by atoms with Gasteiger partial charge in [-0.15, -0.1) is 0 Å². The van der Waals surface area contributed by atoms with E-state index in [1.165, 1.54) is 7.05 Å². The Morgan fingerprint density at radius 1 is 1.07 bits per heavy atom. The standard InChI is InChI=1S/C19H19N5O3/c1-24-17(25)10-9-16(23-24)19(27)22-15-8-3-2-7-14(15)18(26)21-12-13-6-4-5-11-20-13/h2-8,11H,9-10,12H2,1H3,(H,21,26)(H,22,27). The molecule has 2 heterocycles. The van der Waals surface area contributed by atoms with E-state index in [9.17, 15) is 14.4 Å². The van der Waals surface area contributed by atoms with Crippen molar-refractivity contribution in [1.82, 2.24) is 15.3 Å². The third-order valence-electron chi connectivity index (χ3n) is 4.05. The first-order chi connectivity index (χ1) is 13.0. The summed E-state index contributed by atoms with van der Waals surface area (Å²) in [4.78, 5) is 40.6. The molecule has 0 radical (unpaired) electrons. The maximum Gasteiger partial charge on any atom is 0.271 e. The first kappa shape index (κ1) is 18.2. The smallest absolute Gasteiger partial charge is 0.271 e. The van der Waals surface area contributed by atoms with Crippen LogP contribution in [0.2, 0.25) is 0 Å². The highest BCUT2D eigenvalue weighted by molar-refractivity contribution is 6.43. The topological polar surface area (TPSA) is 104 Å². The van der Waals surface area contributed by atoms with Gasteiger partial charge in [-0.3, -0.25) is 19.4 Å². The van der Waals surface area contributed by atoms with Crippen LogP contribution in [0.15, 0.2) is 53.8 Å². The summed E-state index contributed by atoms with van der Waals surface area (Å²) in [6, 6.07) is 12.2. The van der Waals surface area contributed by atoms with E-state index in [0.29, 0.717) is 11.3 Å². The molecule has 0 bridgehead atoms. The Labute approximate surface area is 156 Å². The Bertz CT molecular complexity index is 895. The Morgan fingerprint density at radius 3 is 2.59 bits per heavy atom. The number of rotatable bonds is 5. The van der Waals surface area contributed by atoms with E-state index in [-0.39, 0.29) is 36.9 Å². The fourth-order valence-corrected chi connectivity index (χ4v) is 2.59. The molecule has 2 aromatic rings. The SMILES string of the molecule is CN1N=C(C(=O)Nc2ccccc2C(=O)NCc2ccccn2)CCC1=O. The van der Waals surface area contributed by atoms with Crippen molar-refractivity contribution in [2.75, 3.05) is 12.4 Å². The molecule has 1 aromatic carbocycles. The zero-order chi connectivity index (χ0) is 19.2. The number of pyridine rings is 1. The zero-order valence-electron chi connectivity index (χ0n) is 14.8. The van der Waals surface area contributed by atoms with Gasteiger partial charge < -0.3 is 10.6 Å². The van der Waals surface area contributed by atoms with Gasteiger partial charge in [-0.25, -0.2) is 5.01 Å². The summed E-state index contributed by atoms with van der Waals surface area (Å²) in [5, 5.41) is 10.6. The molecule has 1 aliphatic heterocycles. The highest BCUT2D eigenvalue weighted by Gasteiger charge is 2.23. The number of amides is 3. The van der Waals surface area contributed by atoms with E-state index < -0.39 is 5.91 Å². The minimum atomic E-state index is -0.431. The predicted octanol–water partition coefficient (Wildman–Crippen LogP) is 1.56. The van der Waals surface area contributed by atoms with Crippen LogP contribution in [-0.2, 0) is 16.1 Å². The second-order valence-electron chi connectivity index (χ2n) is 5.97. The molecule has 3 amide bonds. The summed E-state index contributed by atoms with van der Waals surface area (Å²) in [5.41, 5.74) is 1.70. The molecule has 0 aliphatic carbocycles. The Balaban J connectivity index is 1.70. The monoisotopic (exact) mass is 365 g/mol. The van der Waals surface area contributed by atoms with Crippen molar-refractivity contribution in [2.24, 2.45) is 5.10 Å². The number of nitrogens with one attached hydrogen (secondary N) is 2. The van der Waals surface area contributed by atoms with Crippen molar-refractivity contribution >= 4 is 29.1 Å². The number of para-hydroxylation sites is 1. The van der Waals surface area contributed by atoms with Crippen molar-refractivity contribution in [2.45, 2.75) is 19.4 Å². The number of carbonyl (C=O) groups is 3. The molecule has 3 rings (SSSR count). The number of anilines is 1. The first-order valence-electron chi connectivity index (χ1n) is 8.47. The van der Waals surface area contributed by atoms with Crippen LogP contribution in [0.3, 0.4) is 0 Å². The summed E-state index contributed by atoms with van der Waals surface area (Å²) in [6.07, 6.45) is 2.15. The lowest BCUT2D eigenvalue weighted by atomic mass is 10.1. The molecule has 0 spiro atoms. The van der Waals surface area contributed by atoms with Crippen LogP contribution in [0, 0.1) is 0 Å². The van der Waals surface area contributed by atoms with Crippen LogP contribution in [0.5, 0.6) is 0 Å². The maximum absolute atomic E-state index is 12.5. The summed E-state index contributed by atoms with van der Waals surface area (Å²) >= 11 is 0. The average Bonchev–Trinajstić information content (AvgIpc) is 2.69. The molecule has 0 fully saturated rings. The molecule has 0 saturated carbocycles. The second-order valence-corrected chi connectivity index (χ2v) is 5.97. The molecule has 2 N–H and O–H groups in total. The summed E-state index contributed by atoms with van der Waals surface area (Å²) in [5.74, 6) is -0.894. The molecule has 27 heavy (non-hydrogen) atoms. The van der Waals surface area contributed by atoms with Crippen LogP contribution in [-0.4, -0.2) is 40.5 Å². The van der Waals surface area contributed by atoms with Crippen molar-refractivity contribution < 1.29 is 14.4 Å². The highest BCUT2D eigenvalue weighted by Crippen LogP contribution is 2.16. The van der Waals surface area contributed by atoms with Crippen LogP contribution in [0.4, 0.5) is 5.69 Å². The Hall–Kier alpha value is -3.55. The van der Waals surface area contributed by atoms with Crippen LogP contribution in [0.1, 0.15) is 28.9 Å². The van der Waals surface area contributed by atoms with E-state index >= 15 is 0 Å². The molecule has 8 heteroatoms. The largest absolute Gasteiger partial charge is 0.346 e. The van der Waals surface area contributed by atoms with Crippen LogP contribution in [0.25, 0.3) is 0 Å². The lowest BCUT2D eigenvalue weighted by molar-refractivity contribution is -0.130. The minimum Gasteiger partial charge on any atom is -0.346 e. The first-order valence-corrected chi connectivity index (χ1v) is 8.47. The lowest BCUT2D eigenvalue weighted by Crippen LogP contribution is -2.34. The van der Waals surface area contributed by atoms with E-state index in [1.807, 2.05) is 12.1 Å². The zero-order valence-corrected chi connectivity index (χ0v) is 14.8. The third kappa shape index (κ3) is 4.55. The molecule has 138 valence electrons. The minimum absolute atomic E-state index is 0.138. The number of hydrazone groups is 1. The summed E-state index contributed by atoms with van der Waals surface area (Å²) in [6.45, 7) is 0.279. The number of hydrogen-bond donors (Lipinski definition) is 2. The number of hydrogen-bond acceptors (Lipinski definition) is 5. The molecule has 0 atom stereocenters. The lowest BCUT2D eigenvalue weighted by Gasteiger charge is -2.19. The van der Waals surface area contributed by atoms with Gasteiger partial charge in [0.25, 0.3) is 11.8 Å². The van der Waals surface area contributed by atoms with Gasteiger partial charge >= 0.3 is 0 Å². The Morgan fingerprint density at radius 2 is 1.85 bits per heavy atom. The van der Waals surface area contributed by atoms with E-state index in [1.54, 1.807) is 36.5 Å². The molecule has 1 aliphatic rings. The molecular formula is C19H19N5O3. The maximum atomic E-state index is 12.5. The van der Waals surface area contributed by atoms with Gasteiger partial charge in [-0.2, -0.15) is 5.10 Å². The van der Waals surface area contributed by atoms with E-state index in [2.05, 4.69) is 20.7 Å². The number of carbonyl (C=O) groups excluding carboxylic acids is 3. The number of benzene rings is 1. The predicted molar refractivity (Wildman–Crippen MR) is 99.9 cm³/mol. The van der Waals surface area contributed by atoms with Crippen molar-refractivity contribution in [3.05, 3.63) is 59.9 Å². The van der Waals surface area contributed by atoms with Crippen LogP contribution < -0.4 is 10.6 Å². The van der Waals surface area contributed by atoms with Crippen molar-refractivity contribution in [3.8, 4) is 0 Å². The quantitative estimate of drug-likeness (QED) is 0.839. The van der Waals surface area contributed by atoms with Gasteiger partial charge in [0.15, 0.2) is 0 Å². The van der Waals surface area contributed by atoms with Crippen molar-refractivity contribution in [3.63, 3.8) is 0 Å². The number of aromatic nitrogens is 1. The third-order valence-corrected chi connectivity index (χ3v) is 4.05. The van der Waals surface area contributed by atoms with Gasteiger partial charge in [-0.1, -0.05) is 18.2 Å². The van der Waals surface area contributed by atoms with Gasteiger partial charge in [0.1, 0.15) is 5.71 Å². The summed E-state index contributed by atoms with van der Waals surface area (Å²) < 4.78 is 0. The molecular weight excluding hydrogens is 346 g/mol. The average molecular weight is 365 g/mol. The summed E-state index contributed by atoms with van der Waals surface area (Å²) in [7, 11) is 1.51. The fraction of sp³-hybridized carbons (Fsp3) is 0.211. The molecule has 1 aromatic heterocycles. The van der Waals surface area contributed by atoms with Gasteiger partial charge in [-0.05, 0) is 24.3 Å². The van der Waals surface area contributed by atoms with Crippen LogP contribution >= 0.6 is 0 Å². The van der Waals surface area contributed by atoms with Gasteiger partial charge in [0.05, 0.1) is 23.5 Å². The van der Waals surface area contributed by atoms with E-state index in [0.717, 1.165) is 10.7 Å². The van der Waals surface area contributed by atoms with Crippen molar-refractivity contribution in [1.29, 1.82) is 0 Å². The highest BCUT2D eigenvalue weighted by atomic mass is 16.2. The van der Waals surface area contributed by atoms with Gasteiger partial charge in [0, 0.05) is 26.1 Å². The number of nitrogens with zero attached hydrogens (tertiary/aromatic N) is 3. The molecule has 0 unspecified atom stereocenters. The van der Waals surface area contributed by atoms with E-state index in [4.69, 9.17) is 0 Å². The molecule has 0 saturated heterocycles. The normalized spacial score (nSPS) is 13.7. The fourth-order valence-electron chi connectivity index (χ4n) is 2.59.